The summed E-state index contributed by atoms with van der Waals surface area (Å²) in [5.74, 6) is 0. The standard InChI is InChI=1S/C10H17F3N2/c1-9(2)15(8-4-6-14)7-3-5-10(11,12)13/h9H,3-5,7-8H2,1-2H3. The van der Waals surface area contributed by atoms with Gasteiger partial charge in [-0.3, -0.25) is 4.90 Å². The highest BCUT2D eigenvalue weighted by Crippen LogP contribution is 2.21. The van der Waals surface area contributed by atoms with Gasteiger partial charge in [-0.15, -0.1) is 0 Å². The van der Waals surface area contributed by atoms with E-state index < -0.39 is 12.6 Å². The largest absolute Gasteiger partial charge is 0.389 e. The third-order valence-electron chi connectivity index (χ3n) is 2.15. The van der Waals surface area contributed by atoms with Crippen molar-refractivity contribution in [2.45, 2.75) is 45.3 Å². The lowest BCUT2D eigenvalue weighted by Crippen LogP contribution is -2.33. The molecule has 0 radical (unpaired) electrons. The zero-order valence-corrected chi connectivity index (χ0v) is 9.14. The van der Waals surface area contributed by atoms with Crippen LogP contribution >= 0.6 is 0 Å². The highest BCUT2D eigenvalue weighted by Gasteiger charge is 2.26. The lowest BCUT2D eigenvalue weighted by atomic mass is 10.2. The van der Waals surface area contributed by atoms with Crippen molar-refractivity contribution < 1.29 is 13.2 Å². The molecule has 0 aromatic carbocycles. The Hall–Kier alpha value is -0.760. The van der Waals surface area contributed by atoms with Gasteiger partial charge in [-0.25, -0.2) is 0 Å². The Morgan fingerprint density at radius 3 is 2.27 bits per heavy atom. The minimum Gasteiger partial charge on any atom is -0.300 e. The van der Waals surface area contributed by atoms with Crippen LogP contribution in [-0.4, -0.2) is 30.2 Å². The summed E-state index contributed by atoms with van der Waals surface area (Å²) in [5.41, 5.74) is 0. The molecule has 0 aliphatic rings. The second kappa shape index (κ2) is 6.67. The predicted octanol–water partition coefficient (Wildman–Crippen LogP) is 2.95. The fourth-order valence-electron chi connectivity index (χ4n) is 1.30. The lowest BCUT2D eigenvalue weighted by Gasteiger charge is -2.25. The molecule has 88 valence electrons. The van der Waals surface area contributed by atoms with Gasteiger partial charge in [0.05, 0.1) is 6.07 Å². The molecular formula is C10H17F3N2. The third-order valence-corrected chi connectivity index (χ3v) is 2.15. The zero-order chi connectivity index (χ0) is 11.9. The molecule has 0 rings (SSSR count). The Labute approximate surface area is 88.7 Å². The number of halogens is 3. The molecule has 0 saturated heterocycles. The number of nitrogens with zero attached hydrogens (tertiary/aromatic N) is 2. The number of hydrogen-bond acceptors (Lipinski definition) is 2. The van der Waals surface area contributed by atoms with Crippen molar-refractivity contribution in [2.24, 2.45) is 0 Å². The molecule has 0 atom stereocenters. The van der Waals surface area contributed by atoms with Crippen molar-refractivity contribution in [2.75, 3.05) is 13.1 Å². The molecule has 0 fully saturated rings. The normalized spacial score (nSPS) is 12.1. The van der Waals surface area contributed by atoms with Crippen molar-refractivity contribution in [3.63, 3.8) is 0 Å². The lowest BCUT2D eigenvalue weighted by molar-refractivity contribution is -0.136. The molecule has 0 aromatic heterocycles. The number of rotatable bonds is 6. The van der Waals surface area contributed by atoms with E-state index in [0.717, 1.165) is 0 Å². The van der Waals surface area contributed by atoms with Crippen LogP contribution in [0.3, 0.4) is 0 Å². The van der Waals surface area contributed by atoms with Gasteiger partial charge in [0.2, 0.25) is 0 Å². The van der Waals surface area contributed by atoms with Crippen LogP contribution < -0.4 is 0 Å². The maximum Gasteiger partial charge on any atom is 0.389 e. The Morgan fingerprint density at radius 1 is 1.27 bits per heavy atom. The molecule has 0 N–H and O–H groups in total. The summed E-state index contributed by atoms with van der Waals surface area (Å²) in [6, 6.07) is 2.18. The summed E-state index contributed by atoms with van der Waals surface area (Å²) in [5, 5.41) is 8.39. The summed E-state index contributed by atoms with van der Waals surface area (Å²) in [6.45, 7) is 4.79. The highest BCUT2D eigenvalue weighted by atomic mass is 19.4. The molecule has 0 saturated carbocycles. The van der Waals surface area contributed by atoms with Gasteiger partial charge >= 0.3 is 6.18 Å². The van der Waals surface area contributed by atoms with Crippen LogP contribution in [0.4, 0.5) is 13.2 Å². The smallest absolute Gasteiger partial charge is 0.300 e. The summed E-state index contributed by atoms with van der Waals surface area (Å²) in [6.07, 6.45) is -4.35. The van der Waals surface area contributed by atoms with Gasteiger partial charge in [0.1, 0.15) is 0 Å². The van der Waals surface area contributed by atoms with E-state index in [1.54, 1.807) is 0 Å². The van der Waals surface area contributed by atoms with Gasteiger partial charge < -0.3 is 0 Å². The quantitative estimate of drug-likeness (QED) is 0.690. The van der Waals surface area contributed by atoms with Crippen LogP contribution in [0.15, 0.2) is 0 Å². The molecule has 0 bridgehead atoms. The van der Waals surface area contributed by atoms with Crippen LogP contribution in [0.2, 0.25) is 0 Å². The second-order valence-electron chi connectivity index (χ2n) is 3.76. The topological polar surface area (TPSA) is 27.0 Å². The maximum atomic E-state index is 11.9. The first kappa shape index (κ1) is 14.2. The average molecular weight is 222 g/mol. The Morgan fingerprint density at radius 2 is 1.87 bits per heavy atom. The average Bonchev–Trinajstić information content (AvgIpc) is 2.08. The van der Waals surface area contributed by atoms with Crippen molar-refractivity contribution in [3.8, 4) is 6.07 Å². The van der Waals surface area contributed by atoms with Gasteiger partial charge in [-0.05, 0) is 26.8 Å². The van der Waals surface area contributed by atoms with Crippen molar-refractivity contribution >= 4 is 0 Å². The molecule has 15 heavy (non-hydrogen) atoms. The first-order valence-electron chi connectivity index (χ1n) is 5.04. The van der Waals surface area contributed by atoms with Gasteiger partial charge in [0, 0.05) is 25.4 Å². The fraction of sp³-hybridized carbons (Fsp3) is 0.900. The molecule has 0 unspecified atom stereocenters. The van der Waals surface area contributed by atoms with Gasteiger partial charge in [-0.2, -0.15) is 18.4 Å². The number of nitriles is 1. The first-order valence-corrected chi connectivity index (χ1v) is 5.04. The Balaban J connectivity index is 3.82. The molecule has 0 heterocycles. The van der Waals surface area contributed by atoms with Crippen LogP contribution in [0.5, 0.6) is 0 Å². The first-order chi connectivity index (χ1) is 6.87. The monoisotopic (exact) mass is 222 g/mol. The molecule has 0 amide bonds. The van der Waals surface area contributed by atoms with E-state index in [1.807, 2.05) is 24.8 Å². The SMILES string of the molecule is CC(C)N(CCC#N)CCCC(F)(F)F. The van der Waals surface area contributed by atoms with E-state index in [0.29, 0.717) is 19.5 Å². The molecule has 0 aliphatic carbocycles. The fourth-order valence-corrected chi connectivity index (χ4v) is 1.30. The van der Waals surface area contributed by atoms with Crippen molar-refractivity contribution in [1.82, 2.24) is 4.90 Å². The van der Waals surface area contributed by atoms with Gasteiger partial charge in [-0.1, -0.05) is 0 Å². The molecule has 0 spiro atoms. The summed E-state index contributed by atoms with van der Waals surface area (Å²) in [4.78, 5) is 1.90. The van der Waals surface area contributed by atoms with Crippen LogP contribution in [0.1, 0.15) is 33.1 Å². The van der Waals surface area contributed by atoms with Gasteiger partial charge in [0.25, 0.3) is 0 Å². The number of hydrogen-bond donors (Lipinski definition) is 0. The zero-order valence-electron chi connectivity index (χ0n) is 9.14. The highest BCUT2D eigenvalue weighted by molar-refractivity contribution is 4.74. The van der Waals surface area contributed by atoms with Crippen LogP contribution in [0.25, 0.3) is 0 Å². The summed E-state index contributed by atoms with van der Waals surface area (Å²) < 4.78 is 35.7. The van der Waals surface area contributed by atoms with Crippen LogP contribution in [0, 0.1) is 11.3 Å². The van der Waals surface area contributed by atoms with Gasteiger partial charge in [0.15, 0.2) is 0 Å². The minimum absolute atomic E-state index is 0.104. The maximum absolute atomic E-state index is 11.9. The minimum atomic E-state index is -4.07. The van der Waals surface area contributed by atoms with Crippen molar-refractivity contribution in [1.29, 1.82) is 5.26 Å². The van der Waals surface area contributed by atoms with E-state index in [4.69, 9.17) is 5.26 Å². The van der Waals surface area contributed by atoms with Crippen molar-refractivity contribution in [3.05, 3.63) is 0 Å². The number of alkyl halides is 3. The van der Waals surface area contributed by atoms with E-state index in [-0.39, 0.29) is 12.5 Å². The second-order valence-corrected chi connectivity index (χ2v) is 3.76. The van der Waals surface area contributed by atoms with E-state index in [2.05, 4.69) is 0 Å². The van der Waals surface area contributed by atoms with Crippen LogP contribution in [-0.2, 0) is 0 Å². The molecule has 5 heteroatoms. The van der Waals surface area contributed by atoms with E-state index in [1.165, 1.54) is 0 Å². The Bertz CT molecular complexity index is 206. The molecule has 0 aromatic rings. The molecule has 0 aliphatic heterocycles. The van der Waals surface area contributed by atoms with E-state index in [9.17, 15) is 13.2 Å². The molecule has 2 nitrogen and oxygen atoms in total. The molecular weight excluding hydrogens is 205 g/mol. The predicted molar refractivity (Wildman–Crippen MR) is 52.2 cm³/mol. The Kier molecular flexibility index (Phi) is 6.34. The summed E-state index contributed by atoms with van der Waals surface area (Å²) >= 11 is 0. The van der Waals surface area contributed by atoms with E-state index >= 15 is 0 Å². The third kappa shape index (κ3) is 8.25. The summed E-state index contributed by atoms with van der Waals surface area (Å²) in [7, 11) is 0.